The number of nitrogens with zero attached hydrogens (tertiary/aromatic N) is 4. The van der Waals surface area contributed by atoms with Crippen molar-refractivity contribution < 1.29 is 18.3 Å². The highest BCUT2D eigenvalue weighted by Gasteiger charge is 2.16. The molecule has 0 saturated carbocycles. The number of nitrogens with one attached hydrogen (secondary N) is 1. The van der Waals surface area contributed by atoms with Crippen LogP contribution in [0.25, 0.3) is 22.6 Å². The van der Waals surface area contributed by atoms with Crippen LogP contribution in [0.5, 0.6) is 5.75 Å². The Bertz CT molecular complexity index is 1270. The van der Waals surface area contributed by atoms with E-state index in [4.69, 9.17) is 4.74 Å². The van der Waals surface area contributed by atoms with E-state index in [2.05, 4.69) is 20.5 Å². The molecule has 2 aromatic carbocycles. The van der Waals surface area contributed by atoms with Crippen LogP contribution >= 0.6 is 23.1 Å². The molecule has 0 bridgehead atoms. The fourth-order valence-electron chi connectivity index (χ4n) is 3.07. The number of amides is 1. The van der Waals surface area contributed by atoms with Crippen LogP contribution in [0.15, 0.2) is 53.0 Å². The molecule has 2 heterocycles. The van der Waals surface area contributed by atoms with Crippen LogP contribution in [-0.2, 0) is 11.3 Å². The van der Waals surface area contributed by atoms with Crippen molar-refractivity contribution in [2.24, 2.45) is 0 Å². The molecule has 4 aromatic rings. The highest BCUT2D eigenvalue weighted by atomic mass is 32.2. The molecule has 0 aliphatic heterocycles. The number of carbonyl (C=O) groups is 1. The Morgan fingerprint density at radius 3 is 2.70 bits per heavy atom. The van der Waals surface area contributed by atoms with Crippen molar-refractivity contribution in [1.82, 2.24) is 19.7 Å². The van der Waals surface area contributed by atoms with E-state index in [-0.39, 0.29) is 22.9 Å². The smallest absolute Gasteiger partial charge is 0.236 e. The number of methoxy groups -OCH3 is 1. The number of ether oxygens (including phenoxy) is 1. The van der Waals surface area contributed by atoms with Gasteiger partial charge < -0.3 is 14.6 Å². The number of anilines is 1. The van der Waals surface area contributed by atoms with E-state index >= 15 is 0 Å². The molecular weight excluding hydrogens is 468 g/mol. The molecule has 0 spiro atoms. The normalized spacial score (nSPS) is 10.9. The van der Waals surface area contributed by atoms with Crippen LogP contribution < -0.4 is 10.1 Å². The molecule has 7 nitrogen and oxygen atoms in total. The third kappa shape index (κ3) is 5.20. The summed E-state index contributed by atoms with van der Waals surface area (Å²) in [6.07, 6.45) is 0. The fraction of sp³-hybridized carbons (Fsp3) is 0.182. The molecular formula is C22H19F2N5O2S2. The first-order valence-corrected chi connectivity index (χ1v) is 11.8. The van der Waals surface area contributed by atoms with E-state index in [0.29, 0.717) is 22.7 Å². The summed E-state index contributed by atoms with van der Waals surface area (Å²) in [7, 11) is 1.61. The molecule has 0 fully saturated rings. The van der Waals surface area contributed by atoms with Crippen molar-refractivity contribution in [2.45, 2.75) is 18.6 Å². The van der Waals surface area contributed by atoms with Gasteiger partial charge in [0, 0.05) is 23.1 Å². The number of aromatic nitrogens is 4. The van der Waals surface area contributed by atoms with Crippen LogP contribution in [-0.4, -0.2) is 38.5 Å². The van der Waals surface area contributed by atoms with Gasteiger partial charge >= 0.3 is 0 Å². The molecule has 0 saturated heterocycles. The summed E-state index contributed by atoms with van der Waals surface area (Å²) in [6.45, 7) is 2.61. The minimum absolute atomic E-state index is 0.0447. The summed E-state index contributed by atoms with van der Waals surface area (Å²) in [5.41, 5.74) is 1.19. The number of carbonyl (C=O) groups excluding carboxylic acids is 1. The second kappa shape index (κ2) is 10.1. The first kappa shape index (κ1) is 22.9. The lowest BCUT2D eigenvalue weighted by Gasteiger charge is -2.08. The minimum Gasteiger partial charge on any atom is -0.497 e. The SMILES string of the molecule is CCn1c(SCC(=O)Nc2nc(-c3cc(F)ccc3F)cs2)nnc1-c1ccc(OC)cc1. The first-order valence-electron chi connectivity index (χ1n) is 9.89. The van der Waals surface area contributed by atoms with E-state index in [1.54, 1.807) is 12.5 Å². The lowest BCUT2D eigenvalue weighted by Crippen LogP contribution is -2.14. The van der Waals surface area contributed by atoms with Crippen LogP contribution in [0, 0.1) is 11.6 Å². The number of thiazole rings is 1. The minimum atomic E-state index is -0.582. The van der Waals surface area contributed by atoms with Gasteiger partial charge in [0.25, 0.3) is 0 Å². The predicted molar refractivity (Wildman–Crippen MR) is 125 cm³/mol. The molecule has 2 aromatic heterocycles. The molecule has 0 unspecified atom stereocenters. The molecule has 0 aliphatic rings. The summed E-state index contributed by atoms with van der Waals surface area (Å²) in [5.74, 6) is 0.0986. The second-order valence-electron chi connectivity index (χ2n) is 6.78. The summed E-state index contributed by atoms with van der Waals surface area (Å²) < 4.78 is 34.5. The number of hydrogen-bond donors (Lipinski definition) is 1. The lowest BCUT2D eigenvalue weighted by molar-refractivity contribution is -0.113. The zero-order valence-electron chi connectivity index (χ0n) is 17.7. The number of halogens is 2. The molecule has 33 heavy (non-hydrogen) atoms. The average molecular weight is 488 g/mol. The number of rotatable bonds is 8. The quantitative estimate of drug-likeness (QED) is 0.348. The monoisotopic (exact) mass is 487 g/mol. The predicted octanol–water partition coefficient (Wildman–Crippen LogP) is 5.11. The van der Waals surface area contributed by atoms with Gasteiger partial charge in [0.1, 0.15) is 17.4 Å². The van der Waals surface area contributed by atoms with E-state index in [1.807, 2.05) is 35.8 Å². The number of thioether (sulfide) groups is 1. The van der Waals surface area contributed by atoms with Gasteiger partial charge in [-0.05, 0) is 49.4 Å². The number of benzene rings is 2. The van der Waals surface area contributed by atoms with Gasteiger partial charge in [-0.25, -0.2) is 13.8 Å². The van der Waals surface area contributed by atoms with E-state index < -0.39 is 11.6 Å². The van der Waals surface area contributed by atoms with Crippen molar-refractivity contribution in [3.63, 3.8) is 0 Å². The van der Waals surface area contributed by atoms with Crippen LogP contribution in [0.1, 0.15) is 6.92 Å². The highest BCUT2D eigenvalue weighted by Crippen LogP contribution is 2.29. The Balaban J connectivity index is 1.41. The Morgan fingerprint density at radius 2 is 1.97 bits per heavy atom. The third-order valence-electron chi connectivity index (χ3n) is 4.67. The standard InChI is InChI=1S/C22H19F2N5O2S2/c1-3-29-20(13-4-7-15(31-2)8-5-13)27-28-22(29)33-12-19(30)26-21-25-18(11-32-21)16-10-14(23)6-9-17(16)24/h4-11H,3,12H2,1-2H3,(H,25,26,30). The zero-order valence-corrected chi connectivity index (χ0v) is 19.3. The van der Waals surface area contributed by atoms with Crippen molar-refractivity contribution in [3.8, 4) is 28.4 Å². The largest absolute Gasteiger partial charge is 0.497 e. The van der Waals surface area contributed by atoms with E-state index in [9.17, 15) is 13.6 Å². The van der Waals surface area contributed by atoms with Gasteiger partial charge in [-0.1, -0.05) is 11.8 Å². The fourth-order valence-corrected chi connectivity index (χ4v) is 4.60. The molecule has 0 atom stereocenters. The molecule has 0 aliphatic carbocycles. The summed E-state index contributed by atoms with van der Waals surface area (Å²) in [4.78, 5) is 16.6. The van der Waals surface area contributed by atoms with Crippen molar-refractivity contribution >= 4 is 34.1 Å². The third-order valence-corrected chi connectivity index (χ3v) is 6.39. The maximum Gasteiger partial charge on any atom is 0.236 e. The number of hydrogen-bond acceptors (Lipinski definition) is 7. The van der Waals surface area contributed by atoms with Gasteiger partial charge in [-0.3, -0.25) is 4.79 Å². The molecule has 11 heteroatoms. The molecule has 1 amide bonds. The van der Waals surface area contributed by atoms with Crippen LogP contribution in [0.3, 0.4) is 0 Å². The molecule has 170 valence electrons. The highest BCUT2D eigenvalue weighted by molar-refractivity contribution is 7.99. The zero-order chi connectivity index (χ0) is 23.4. The summed E-state index contributed by atoms with van der Waals surface area (Å²) in [5, 5.41) is 13.7. The van der Waals surface area contributed by atoms with Gasteiger partial charge in [-0.15, -0.1) is 21.5 Å². The van der Waals surface area contributed by atoms with Crippen molar-refractivity contribution in [1.29, 1.82) is 0 Å². The Labute approximate surface area is 196 Å². The summed E-state index contributed by atoms with van der Waals surface area (Å²) in [6, 6.07) is 10.7. The van der Waals surface area contributed by atoms with E-state index in [1.165, 1.54) is 11.8 Å². The maximum atomic E-state index is 14.0. The molecule has 4 rings (SSSR count). The first-order chi connectivity index (χ1) is 16.0. The van der Waals surface area contributed by atoms with Gasteiger partial charge in [0.2, 0.25) is 5.91 Å². The average Bonchev–Trinajstić information content (AvgIpc) is 3.46. The van der Waals surface area contributed by atoms with Crippen LogP contribution in [0.4, 0.5) is 13.9 Å². The Kier molecular flexibility index (Phi) is 6.99. The van der Waals surface area contributed by atoms with E-state index in [0.717, 1.165) is 40.8 Å². The Hall–Kier alpha value is -3.31. The summed E-state index contributed by atoms with van der Waals surface area (Å²) >= 11 is 2.39. The van der Waals surface area contributed by atoms with Gasteiger partial charge in [-0.2, -0.15) is 0 Å². The Morgan fingerprint density at radius 1 is 1.18 bits per heavy atom. The van der Waals surface area contributed by atoms with Crippen molar-refractivity contribution in [2.75, 3.05) is 18.2 Å². The molecule has 0 radical (unpaired) electrons. The van der Waals surface area contributed by atoms with Crippen molar-refractivity contribution in [3.05, 3.63) is 59.5 Å². The topological polar surface area (TPSA) is 81.9 Å². The van der Waals surface area contributed by atoms with Gasteiger partial charge in [0.05, 0.1) is 18.6 Å². The van der Waals surface area contributed by atoms with Crippen LogP contribution in [0.2, 0.25) is 0 Å². The van der Waals surface area contributed by atoms with Gasteiger partial charge in [0.15, 0.2) is 16.1 Å². The molecule has 1 N–H and O–H groups in total. The maximum absolute atomic E-state index is 14.0. The lowest BCUT2D eigenvalue weighted by atomic mass is 10.1. The second-order valence-corrected chi connectivity index (χ2v) is 8.58.